The highest BCUT2D eigenvalue weighted by molar-refractivity contribution is 5.75. The zero-order valence-corrected chi connectivity index (χ0v) is 24.0. The molecule has 5 N–H and O–H groups in total. The minimum Gasteiger partial charge on any atom is -0.490 e. The Morgan fingerprint density at radius 1 is 0.878 bits per heavy atom. The van der Waals surface area contributed by atoms with Gasteiger partial charge in [0, 0.05) is 20.1 Å². The van der Waals surface area contributed by atoms with Gasteiger partial charge in [0.15, 0.2) is 6.10 Å². The van der Waals surface area contributed by atoms with E-state index in [4.69, 9.17) is 30.7 Å². The molecular formula is C31H40N4O6. The number of carbonyl (C=O) groups excluding carboxylic acids is 2. The smallest absolute Gasteiger partial charge is 0.410 e. The molecule has 0 fully saturated rings. The number of amides is 1. The first-order chi connectivity index (χ1) is 19.6. The van der Waals surface area contributed by atoms with Gasteiger partial charge in [-0.2, -0.15) is 0 Å². The first-order valence-corrected chi connectivity index (χ1v) is 13.4. The number of nitrogens with zero attached hydrogens (tertiary/aromatic N) is 1. The van der Waals surface area contributed by atoms with Gasteiger partial charge in [0.1, 0.15) is 18.0 Å². The summed E-state index contributed by atoms with van der Waals surface area (Å²) >= 11 is 0. The normalized spacial score (nSPS) is 12.9. The Hall–Kier alpha value is -3.96. The summed E-state index contributed by atoms with van der Waals surface area (Å²) in [5.41, 5.74) is 8.15. The second kappa shape index (κ2) is 15.2. The van der Waals surface area contributed by atoms with Gasteiger partial charge >= 0.3 is 12.1 Å². The van der Waals surface area contributed by atoms with Crippen LogP contribution < -0.4 is 21.7 Å². The lowest BCUT2D eigenvalue weighted by molar-refractivity contribution is -0.163. The molecule has 2 atom stereocenters. The van der Waals surface area contributed by atoms with Gasteiger partial charge in [0.25, 0.3) is 0 Å². The van der Waals surface area contributed by atoms with Crippen molar-refractivity contribution in [1.82, 2.24) is 10.2 Å². The summed E-state index contributed by atoms with van der Waals surface area (Å²) in [5, 5.41) is 3.18. The Bertz CT molecular complexity index is 1180. The van der Waals surface area contributed by atoms with E-state index in [9.17, 15) is 9.59 Å². The quantitative estimate of drug-likeness (QED) is 0.159. The summed E-state index contributed by atoms with van der Waals surface area (Å²) in [6, 6.07) is 26.0. The topological polar surface area (TPSA) is 138 Å². The average Bonchev–Trinajstić information content (AvgIpc) is 2.96. The number of nitrogens with one attached hydrogen (secondary N) is 1. The van der Waals surface area contributed by atoms with E-state index in [1.165, 1.54) is 4.90 Å². The molecule has 0 heterocycles. The van der Waals surface area contributed by atoms with Crippen molar-refractivity contribution in [3.05, 3.63) is 102 Å². The van der Waals surface area contributed by atoms with Crippen molar-refractivity contribution in [2.75, 3.05) is 26.7 Å². The molecule has 0 radical (unpaired) electrons. The molecule has 1 amide bonds. The maximum absolute atomic E-state index is 13.0. The SMILES string of the molecule is CN(CCNC(N)c1ccc(OCC(ON)C(=O)OC(c2ccccc2)c2ccccc2)cc1)C(=O)OC(C)(C)C. The average molecular weight is 565 g/mol. The van der Waals surface area contributed by atoms with Crippen molar-refractivity contribution in [2.24, 2.45) is 11.6 Å². The summed E-state index contributed by atoms with van der Waals surface area (Å²) < 4.78 is 16.9. The largest absolute Gasteiger partial charge is 0.490 e. The van der Waals surface area contributed by atoms with Crippen LogP contribution in [0.2, 0.25) is 0 Å². The van der Waals surface area contributed by atoms with E-state index in [-0.39, 0.29) is 6.61 Å². The van der Waals surface area contributed by atoms with E-state index in [2.05, 4.69) is 5.32 Å². The highest BCUT2D eigenvalue weighted by Crippen LogP contribution is 2.26. The van der Waals surface area contributed by atoms with Crippen molar-refractivity contribution in [3.63, 3.8) is 0 Å². The first-order valence-electron chi connectivity index (χ1n) is 13.4. The van der Waals surface area contributed by atoms with E-state index >= 15 is 0 Å². The van der Waals surface area contributed by atoms with Crippen LogP contribution in [0.3, 0.4) is 0 Å². The number of hydrogen-bond donors (Lipinski definition) is 3. The Labute approximate surface area is 241 Å². The lowest BCUT2D eigenvalue weighted by Gasteiger charge is -2.25. The Balaban J connectivity index is 1.51. The highest BCUT2D eigenvalue weighted by Gasteiger charge is 2.27. The van der Waals surface area contributed by atoms with Gasteiger partial charge in [-0.15, -0.1) is 0 Å². The molecule has 0 aromatic heterocycles. The van der Waals surface area contributed by atoms with Crippen molar-refractivity contribution in [2.45, 2.75) is 44.7 Å². The van der Waals surface area contributed by atoms with Gasteiger partial charge in [0.2, 0.25) is 6.10 Å². The molecule has 0 bridgehead atoms. The minimum atomic E-state index is -1.14. The number of esters is 1. The van der Waals surface area contributed by atoms with Gasteiger partial charge in [-0.3, -0.25) is 10.2 Å². The van der Waals surface area contributed by atoms with Crippen LogP contribution in [0.1, 0.15) is 49.7 Å². The van der Waals surface area contributed by atoms with Crippen LogP contribution in [-0.4, -0.2) is 55.4 Å². The molecule has 0 aliphatic heterocycles. The minimum absolute atomic E-state index is 0.147. The zero-order chi connectivity index (χ0) is 29.8. The van der Waals surface area contributed by atoms with Crippen LogP contribution in [0.5, 0.6) is 5.75 Å². The van der Waals surface area contributed by atoms with Gasteiger partial charge in [-0.1, -0.05) is 72.8 Å². The molecular weight excluding hydrogens is 524 g/mol. The molecule has 220 valence electrons. The lowest BCUT2D eigenvalue weighted by atomic mass is 10.0. The molecule has 3 aromatic carbocycles. The predicted octanol–water partition coefficient (Wildman–Crippen LogP) is 4.07. The number of benzene rings is 3. The molecule has 10 heteroatoms. The summed E-state index contributed by atoms with van der Waals surface area (Å²) in [6.45, 7) is 6.22. The fourth-order valence-corrected chi connectivity index (χ4v) is 3.82. The van der Waals surface area contributed by atoms with E-state index in [0.717, 1.165) is 16.7 Å². The van der Waals surface area contributed by atoms with Gasteiger partial charge in [-0.25, -0.2) is 15.5 Å². The molecule has 0 spiro atoms. The van der Waals surface area contributed by atoms with Gasteiger partial charge in [-0.05, 0) is 49.6 Å². The Morgan fingerprint density at radius 3 is 1.95 bits per heavy atom. The molecule has 10 nitrogen and oxygen atoms in total. The summed E-state index contributed by atoms with van der Waals surface area (Å²) in [6.07, 6.45) is -2.62. The van der Waals surface area contributed by atoms with Crippen molar-refractivity contribution in [1.29, 1.82) is 0 Å². The van der Waals surface area contributed by atoms with E-state index < -0.39 is 36.0 Å². The third-order valence-electron chi connectivity index (χ3n) is 6.02. The van der Waals surface area contributed by atoms with Gasteiger partial charge < -0.3 is 24.8 Å². The number of ether oxygens (including phenoxy) is 3. The second-order valence-corrected chi connectivity index (χ2v) is 10.5. The number of nitrogens with two attached hydrogens (primary N) is 2. The summed E-state index contributed by atoms with van der Waals surface area (Å²) in [5.74, 6) is 5.29. The Morgan fingerprint density at radius 2 is 1.44 bits per heavy atom. The van der Waals surface area contributed by atoms with E-state index in [1.807, 2.05) is 93.6 Å². The van der Waals surface area contributed by atoms with Crippen LogP contribution in [-0.2, 0) is 19.1 Å². The van der Waals surface area contributed by atoms with Crippen LogP contribution in [0.4, 0.5) is 4.79 Å². The zero-order valence-electron chi connectivity index (χ0n) is 24.0. The fourth-order valence-electron chi connectivity index (χ4n) is 3.82. The van der Waals surface area contributed by atoms with E-state index in [1.54, 1.807) is 19.2 Å². The van der Waals surface area contributed by atoms with Crippen molar-refractivity contribution < 1.29 is 28.6 Å². The number of hydrogen-bond acceptors (Lipinski definition) is 9. The third-order valence-corrected chi connectivity index (χ3v) is 6.02. The maximum Gasteiger partial charge on any atom is 0.410 e. The molecule has 2 unspecified atom stereocenters. The number of likely N-dealkylation sites (N-methyl/N-ethyl adjacent to an activating group) is 1. The van der Waals surface area contributed by atoms with Crippen LogP contribution >= 0.6 is 0 Å². The monoisotopic (exact) mass is 564 g/mol. The van der Waals surface area contributed by atoms with E-state index in [0.29, 0.717) is 18.8 Å². The highest BCUT2D eigenvalue weighted by atomic mass is 16.7. The molecule has 0 saturated carbocycles. The number of rotatable bonds is 13. The lowest BCUT2D eigenvalue weighted by Crippen LogP contribution is -2.40. The fraction of sp³-hybridized carbons (Fsp3) is 0.355. The molecule has 41 heavy (non-hydrogen) atoms. The molecule has 3 rings (SSSR count). The predicted molar refractivity (Wildman–Crippen MR) is 156 cm³/mol. The maximum atomic E-state index is 13.0. The second-order valence-electron chi connectivity index (χ2n) is 10.5. The molecule has 0 aliphatic rings. The third kappa shape index (κ3) is 10.2. The molecule has 0 saturated heterocycles. The van der Waals surface area contributed by atoms with Crippen LogP contribution in [0, 0.1) is 0 Å². The first kappa shape index (κ1) is 31.6. The van der Waals surface area contributed by atoms with Crippen molar-refractivity contribution >= 4 is 12.1 Å². The molecule has 0 aliphatic carbocycles. The van der Waals surface area contributed by atoms with Crippen molar-refractivity contribution in [3.8, 4) is 5.75 Å². The molecule has 3 aromatic rings. The van der Waals surface area contributed by atoms with Crippen LogP contribution in [0.15, 0.2) is 84.9 Å². The Kier molecular flexibility index (Phi) is 11.7. The standard InChI is InChI=1S/C31H40N4O6/c1-31(2,3)40-30(37)35(4)20-19-34-28(32)24-15-17-25(18-16-24)38-21-26(41-33)29(36)39-27(22-11-7-5-8-12-22)23-13-9-6-10-14-23/h5-18,26-28,34H,19-21,32-33H2,1-4H3. The number of carbonyl (C=O) groups is 2. The summed E-state index contributed by atoms with van der Waals surface area (Å²) in [7, 11) is 1.67. The van der Waals surface area contributed by atoms with Crippen LogP contribution in [0.25, 0.3) is 0 Å². The van der Waals surface area contributed by atoms with Gasteiger partial charge in [0.05, 0.1) is 6.17 Å². The summed E-state index contributed by atoms with van der Waals surface area (Å²) in [4.78, 5) is 31.5.